The Morgan fingerprint density at radius 3 is 2.00 bits per heavy atom. The molecule has 0 aliphatic heterocycles. The lowest BCUT2D eigenvalue weighted by atomic mass is 10.1. The Morgan fingerprint density at radius 1 is 0.893 bits per heavy atom. The molecule has 1 aromatic heterocycles. The van der Waals surface area contributed by atoms with Crippen LogP contribution in [0.3, 0.4) is 0 Å². The Labute approximate surface area is 175 Å². The zero-order valence-corrected chi connectivity index (χ0v) is 18.5. The number of hydrogen-bond donors (Lipinski definition) is 0. The molecule has 3 aromatic rings. The number of rotatable bonds is 7. The second kappa shape index (κ2) is 9.20. The second-order valence-electron chi connectivity index (χ2n) is 6.91. The van der Waals surface area contributed by atoms with Gasteiger partial charge in [0.05, 0.1) is 23.0 Å². The smallest absolute Gasteiger partial charge is 0.226 e. The third kappa shape index (κ3) is 4.90. The fourth-order valence-corrected chi connectivity index (χ4v) is 3.50. The van der Waals surface area contributed by atoms with Gasteiger partial charge in [-0.1, -0.05) is 48.9 Å². The van der Waals surface area contributed by atoms with E-state index in [1.54, 1.807) is 7.11 Å². The zero-order valence-electron chi connectivity index (χ0n) is 16.9. The first-order valence-electron chi connectivity index (χ1n) is 9.46. The fourth-order valence-electron chi connectivity index (χ4n) is 3.04. The highest BCUT2D eigenvalue weighted by Gasteiger charge is 2.15. The number of aromatic nitrogens is 2. The van der Waals surface area contributed by atoms with Crippen LogP contribution in [-0.4, -0.2) is 17.1 Å². The van der Waals surface area contributed by atoms with Gasteiger partial charge in [0, 0.05) is 13.1 Å². The van der Waals surface area contributed by atoms with Crippen LogP contribution in [0.5, 0.6) is 5.75 Å². The molecule has 0 spiro atoms. The van der Waals surface area contributed by atoms with Gasteiger partial charge in [-0.05, 0) is 59.5 Å². The molecular weight excluding hydrogens is 414 g/mol. The molecule has 0 fully saturated rings. The summed E-state index contributed by atoms with van der Waals surface area (Å²) in [7, 11) is 1.68. The van der Waals surface area contributed by atoms with E-state index in [0.29, 0.717) is 0 Å². The van der Waals surface area contributed by atoms with Crippen LogP contribution in [0.2, 0.25) is 0 Å². The van der Waals surface area contributed by atoms with E-state index in [2.05, 4.69) is 71.1 Å². The van der Waals surface area contributed by atoms with E-state index in [9.17, 15) is 0 Å². The lowest BCUT2D eigenvalue weighted by Crippen LogP contribution is -2.25. The van der Waals surface area contributed by atoms with Crippen molar-refractivity contribution in [3.8, 4) is 5.75 Å². The predicted octanol–water partition coefficient (Wildman–Crippen LogP) is 5.63. The maximum absolute atomic E-state index is 5.28. The molecule has 0 radical (unpaired) electrons. The lowest BCUT2D eigenvalue weighted by molar-refractivity contribution is 0.414. The molecule has 28 heavy (non-hydrogen) atoms. The maximum atomic E-state index is 5.28. The van der Waals surface area contributed by atoms with Crippen molar-refractivity contribution in [2.75, 3.05) is 12.0 Å². The summed E-state index contributed by atoms with van der Waals surface area (Å²) in [5, 5.41) is 0. The van der Waals surface area contributed by atoms with Gasteiger partial charge in [-0.25, -0.2) is 9.97 Å². The summed E-state index contributed by atoms with van der Waals surface area (Å²) in [5.74, 6) is 1.62. The van der Waals surface area contributed by atoms with Gasteiger partial charge in [0.1, 0.15) is 5.75 Å². The number of anilines is 1. The Balaban J connectivity index is 1.95. The minimum Gasteiger partial charge on any atom is -0.497 e. The molecule has 0 atom stereocenters. The van der Waals surface area contributed by atoms with Gasteiger partial charge < -0.3 is 9.64 Å². The summed E-state index contributed by atoms with van der Waals surface area (Å²) >= 11 is 3.62. The average molecular weight is 440 g/mol. The summed E-state index contributed by atoms with van der Waals surface area (Å²) in [6, 6.07) is 16.8. The maximum Gasteiger partial charge on any atom is 0.226 e. The summed E-state index contributed by atoms with van der Waals surface area (Å²) in [6.45, 7) is 7.71. The number of hydrogen-bond acceptors (Lipinski definition) is 4. The molecular formula is C23H26BrN3O. The van der Waals surface area contributed by atoms with Crippen molar-refractivity contribution >= 4 is 21.9 Å². The summed E-state index contributed by atoms with van der Waals surface area (Å²) in [5.41, 5.74) is 5.68. The van der Waals surface area contributed by atoms with Gasteiger partial charge in [0.15, 0.2) is 0 Å². The Hall–Kier alpha value is -2.40. The van der Waals surface area contributed by atoms with Crippen LogP contribution < -0.4 is 9.64 Å². The van der Waals surface area contributed by atoms with E-state index in [1.807, 2.05) is 19.1 Å². The van der Waals surface area contributed by atoms with Crippen LogP contribution in [0.1, 0.15) is 35.0 Å². The number of ether oxygens (including phenoxy) is 1. The van der Waals surface area contributed by atoms with Crippen LogP contribution in [0, 0.1) is 13.8 Å². The first-order chi connectivity index (χ1) is 13.5. The highest BCUT2D eigenvalue weighted by atomic mass is 79.9. The lowest BCUT2D eigenvalue weighted by Gasteiger charge is -2.24. The third-order valence-electron chi connectivity index (χ3n) is 4.72. The van der Waals surface area contributed by atoms with E-state index in [4.69, 9.17) is 14.7 Å². The summed E-state index contributed by atoms with van der Waals surface area (Å²) in [6.07, 6.45) is 0.859. The standard InChI is InChI=1S/C23H26BrN3O/c1-5-21-22(24)17(3)25-23(26-21)27(14-18-8-6-16(2)7-9-18)15-19-10-12-20(28-4)13-11-19/h6-13H,5,14-15H2,1-4H3. The van der Waals surface area contributed by atoms with Gasteiger partial charge >= 0.3 is 0 Å². The van der Waals surface area contributed by atoms with E-state index in [0.717, 1.165) is 47.1 Å². The first kappa shape index (κ1) is 20.3. The molecule has 2 aromatic carbocycles. The third-order valence-corrected chi connectivity index (χ3v) is 5.75. The monoisotopic (exact) mass is 439 g/mol. The molecule has 0 N–H and O–H groups in total. The van der Waals surface area contributed by atoms with Crippen molar-refractivity contribution in [3.05, 3.63) is 81.1 Å². The van der Waals surface area contributed by atoms with Crippen molar-refractivity contribution in [1.29, 1.82) is 0 Å². The quantitative estimate of drug-likeness (QED) is 0.477. The second-order valence-corrected chi connectivity index (χ2v) is 7.71. The van der Waals surface area contributed by atoms with Gasteiger partial charge in [-0.2, -0.15) is 0 Å². The average Bonchev–Trinajstić information content (AvgIpc) is 2.71. The summed E-state index contributed by atoms with van der Waals surface area (Å²) in [4.78, 5) is 11.8. The van der Waals surface area contributed by atoms with Gasteiger partial charge in [-0.3, -0.25) is 0 Å². The SMILES string of the molecule is CCc1nc(N(Cc2ccc(C)cc2)Cc2ccc(OC)cc2)nc(C)c1Br. The molecule has 0 aliphatic carbocycles. The number of nitrogens with zero attached hydrogens (tertiary/aromatic N) is 3. The highest BCUT2D eigenvalue weighted by molar-refractivity contribution is 9.10. The van der Waals surface area contributed by atoms with Crippen molar-refractivity contribution in [2.45, 2.75) is 40.3 Å². The molecule has 0 saturated heterocycles. The Morgan fingerprint density at radius 2 is 1.46 bits per heavy atom. The van der Waals surface area contributed by atoms with Crippen molar-refractivity contribution in [1.82, 2.24) is 9.97 Å². The van der Waals surface area contributed by atoms with Crippen LogP contribution in [0.25, 0.3) is 0 Å². The zero-order chi connectivity index (χ0) is 20.1. The molecule has 0 bridgehead atoms. The van der Waals surface area contributed by atoms with Gasteiger partial charge in [-0.15, -0.1) is 0 Å². The van der Waals surface area contributed by atoms with E-state index in [-0.39, 0.29) is 0 Å². The van der Waals surface area contributed by atoms with Gasteiger partial charge in [0.2, 0.25) is 5.95 Å². The van der Waals surface area contributed by atoms with Crippen molar-refractivity contribution in [3.63, 3.8) is 0 Å². The fraction of sp³-hybridized carbons (Fsp3) is 0.304. The molecule has 146 valence electrons. The number of aryl methyl sites for hydroxylation is 3. The highest BCUT2D eigenvalue weighted by Crippen LogP contribution is 2.24. The number of halogens is 1. The minimum absolute atomic E-state index is 0.724. The minimum atomic E-state index is 0.724. The summed E-state index contributed by atoms with van der Waals surface area (Å²) < 4.78 is 6.28. The van der Waals surface area contributed by atoms with Crippen LogP contribution >= 0.6 is 15.9 Å². The molecule has 0 amide bonds. The van der Waals surface area contributed by atoms with Crippen LogP contribution in [0.15, 0.2) is 53.0 Å². The molecule has 4 nitrogen and oxygen atoms in total. The van der Waals surface area contributed by atoms with E-state index in [1.165, 1.54) is 16.7 Å². The predicted molar refractivity (Wildman–Crippen MR) is 118 cm³/mol. The van der Waals surface area contributed by atoms with E-state index >= 15 is 0 Å². The Kier molecular flexibility index (Phi) is 6.68. The molecule has 0 unspecified atom stereocenters. The molecule has 1 heterocycles. The molecule has 0 aliphatic rings. The normalized spacial score (nSPS) is 10.8. The molecule has 0 saturated carbocycles. The topological polar surface area (TPSA) is 38.2 Å². The molecule has 3 rings (SSSR count). The Bertz CT molecular complexity index is 924. The van der Waals surface area contributed by atoms with Crippen LogP contribution in [-0.2, 0) is 19.5 Å². The molecule has 5 heteroatoms. The number of methoxy groups -OCH3 is 1. The van der Waals surface area contributed by atoms with Crippen molar-refractivity contribution < 1.29 is 4.74 Å². The first-order valence-corrected chi connectivity index (χ1v) is 10.3. The van der Waals surface area contributed by atoms with Crippen LogP contribution in [0.4, 0.5) is 5.95 Å². The number of benzene rings is 2. The largest absolute Gasteiger partial charge is 0.497 e. The van der Waals surface area contributed by atoms with E-state index < -0.39 is 0 Å². The van der Waals surface area contributed by atoms with Gasteiger partial charge in [0.25, 0.3) is 0 Å². The van der Waals surface area contributed by atoms with Crippen molar-refractivity contribution in [2.24, 2.45) is 0 Å².